The van der Waals surface area contributed by atoms with Crippen molar-refractivity contribution in [3.05, 3.63) is 77.1 Å². The molecule has 2 aromatic carbocycles. The van der Waals surface area contributed by atoms with Crippen molar-refractivity contribution in [3.8, 4) is 6.07 Å². The zero-order valence-electron chi connectivity index (χ0n) is 21.7. The second kappa shape index (κ2) is 9.85. The van der Waals surface area contributed by atoms with E-state index in [2.05, 4.69) is 49.4 Å². The van der Waals surface area contributed by atoms with Gasteiger partial charge in [-0.2, -0.15) is 10.4 Å². The van der Waals surface area contributed by atoms with Gasteiger partial charge in [0.2, 0.25) is 0 Å². The van der Waals surface area contributed by atoms with Gasteiger partial charge < -0.3 is 10.2 Å². The molecule has 1 aromatic heterocycles. The Balaban J connectivity index is 1.24. The first-order valence-corrected chi connectivity index (χ1v) is 13.0. The van der Waals surface area contributed by atoms with Gasteiger partial charge in [-0.3, -0.25) is 14.3 Å². The fourth-order valence-corrected chi connectivity index (χ4v) is 5.70. The number of nitriles is 1. The van der Waals surface area contributed by atoms with Crippen LogP contribution in [0.25, 0.3) is 0 Å². The molecule has 2 heterocycles. The van der Waals surface area contributed by atoms with Crippen LogP contribution in [0, 0.1) is 28.6 Å². The number of carbonyl (C=O) groups is 2. The molecule has 0 atom stereocenters. The Labute approximate surface area is 218 Å². The third-order valence-electron chi connectivity index (χ3n) is 7.32. The number of hydrogen-bond donors (Lipinski definition) is 1. The number of rotatable bonds is 6. The standard InChI is InChI=1S/C30H33N5O2/c1-30(2,3)17-23-14-22(15-23)13-20-7-9-25(10-8-20)34-11-12-35-27(29(34)37)26(19-32-35)28(36)33-24-6-4-5-21(16-24)18-31/h4-10,16,19,22-23H,11-15,17H2,1-3H3,(H,33,36). The monoisotopic (exact) mass is 495 g/mol. The predicted octanol–water partition coefficient (Wildman–Crippen LogP) is 5.67. The van der Waals surface area contributed by atoms with Crippen LogP contribution in [-0.4, -0.2) is 28.1 Å². The molecule has 5 rings (SSSR count). The summed E-state index contributed by atoms with van der Waals surface area (Å²) in [5.41, 5.74) is 3.98. The molecule has 3 aromatic rings. The number of nitrogens with zero attached hydrogens (tertiary/aromatic N) is 4. The molecule has 1 aliphatic heterocycles. The van der Waals surface area contributed by atoms with Gasteiger partial charge in [0, 0.05) is 17.9 Å². The molecule has 0 spiro atoms. The lowest BCUT2D eigenvalue weighted by molar-refractivity contribution is 0.0946. The minimum atomic E-state index is -0.424. The quantitative estimate of drug-likeness (QED) is 0.477. The van der Waals surface area contributed by atoms with Gasteiger partial charge in [-0.1, -0.05) is 39.0 Å². The number of hydrogen-bond acceptors (Lipinski definition) is 4. The van der Waals surface area contributed by atoms with Crippen molar-refractivity contribution < 1.29 is 9.59 Å². The molecular formula is C30H33N5O2. The lowest BCUT2D eigenvalue weighted by Crippen LogP contribution is -2.41. The molecule has 2 amide bonds. The van der Waals surface area contributed by atoms with E-state index in [0.29, 0.717) is 29.8 Å². The molecule has 1 fully saturated rings. The maximum Gasteiger partial charge on any atom is 0.277 e. The number of benzene rings is 2. The first kappa shape index (κ1) is 24.8. The molecule has 37 heavy (non-hydrogen) atoms. The molecule has 1 N–H and O–H groups in total. The average molecular weight is 496 g/mol. The largest absolute Gasteiger partial charge is 0.322 e. The normalized spacial score (nSPS) is 19.1. The molecule has 0 saturated heterocycles. The van der Waals surface area contributed by atoms with E-state index in [4.69, 9.17) is 5.26 Å². The number of amides is 2. The number of nitrogens with one attached hydrogen (secondary N) is 1. The first-order chi connectivity index (χ1) is 17.7. The van der Waals surface area contributed by atoms with Gasteiger partial charge in [0.1, 0.15) is 5.69 Å². The van der Waals surface area contributed by atoms with Crippen LogP contribution in [0.3, 0.4) is 0 Å². The van der Waals surface area contributed by atoms with Crippen molar-refractivity contribution in [1.82, 2.24) is 9.78 Å². The van der Waals surface area contributed by atoms with E-state index >= 15 is 0 Å². The van der Waals surface area contributed by atoms with Crippen molar-refractivity contribution in [1.29, 1.82) is 5.26 Å². The first-order valence-electron chi connectivity index (χ1n) is 13.0. The molecule has 0 unspecified atom stereocenters. The topological polar surface area (TPSA) is 91.0 Å². The van der Waals surface area contributed by atoms with E-state index in [9.17, 15) is 9.59 Å². The van der Waals surface area contributed by atoms with Gasteiger partial charge in [-0.25, -0.2) is 0 Å². The van der Waals surface area contributed by atoms with E-state index < -0.39 is 5.91 Å². The van der Waals surface area contributed by atoms with E-state index in [0.717, 1.165) is 23.9 Å². The Hall–Kier alpha value is -3.92. The van der Waals surface area contributed by atoms with E-state index in [1.807, 2.05) is 12.1 Å². The summed E-state index contributed by atoms with van der Waals surface area (Å²) in [5, 5.41) is 16.2. The van der Waals surface area contributed by atoms with Crippen molar-refractivity contribution in [2.45, 2.75) is 53.0 Å². The van der Waals surface area contributed by atoms with Crippen molar-refractivity contribution in [2.24, 2.45) is 17.3 Å². The third kappa shape index (κ3) is 5.43. The number of anilines is 2. The summed E-state index contributed by atoms with van der Waals surface area (Å²) in [7, 11) is 0. The molecule has 2 aliphatic rings. The third-order valence-corrected chi connectivity index (χ3v) is 7.32. The highest BCUT2D eigenvalue weighted by Gasteiger charge is 2.33. The van der Waals surface area contributed by atoms with Crippen LogP contribution in [0.15, 0.2) is 54.7 Å². The molecular weight excluding hydrogens is 462 g/mol. The zero-order valence-corrected chi connectivity index (χ0v) is 21.7. The number of carbonyl (C=O) groups excluding carboxylic acids is 2. The highest BCUT2D eigenvalue weighted by molar-refractivity contribution is 6.15. The summed E-state index contributed by atoms with van der Waals surface area (Å²) >= 11 is 0. The Morgan fingerprint density at radius 1 is 1.11 bits per heavy atom. The maximum absolute atomic E-state index is 13.5. The van der Waals surface area contributed by atoms with Gasteiger partial charge in [0.15, 0.2) is 0 Å². The van der Waals surface area contributed by atoms with Gasteiger partial charge in [0.05, 0.1) is 29.9 Å². The smallest absolute Gasteiger partial charge is 0.277 e. The molecule has 7 nitrogen and oxygen atoms in total. The fourth-order valence-electron chi connectivity index (χ4n) is 5.70. The molecule has 1 aliphatic carbocycles. The predicted molar refractivity (Wildman–Crippen MR) is 143 cm³/mol. The van der Waals surface area contributed by atoms with Crippen LogP contribution >= 0.6 is 0 Å². The maximum atomic E-state index is 13.5. The number of fused-ring (bicyclic) bond motifs is 1. The van der Waals surface area contributed by atoms with Crippen LogP contribution in [0.2, 0.25) is 0 Å². The zero-order chi connectivity index (χ0) is 26.2. The lowest BCUT2D eigenvalue weighted by atomic mass is 9.67. The van der Waals surface area contributed by atoms with E-state index in [1.54, 1.807) is 33.8 Å². The molecule has 1 saturated carbocycles. The molecule has 0 bridgehead atoms. The van der Waals surface area contributed by atoms with Crippen molar-refractivity contribution in [3.63, 3.8) is 0 Å². The summed E-state index contributed by atoms with van der Waals surface area (Å²) in [4.78, 5) is 28.2. The second-order valence-electron chi connectivity index (χ2n) is 11.6. The highest BCUT2D eigenvalue weighted by atomic mass is 16.2. The Kier molecular flexibility index (Phi) is 6.59. The van der Waals surface area contributed by atoms with Crippen LogP contribution in [0.5, 0.6) is 0 Å². The highest BCUT2D eigenvalue weighted by Crippen LogP contribution is 2.42. The lowest BCUT2D eigenvalue weighted by Gasteiger charge is -2.39. The van der Waals surface area contributed by atoms with Crippen molar-refractivity contribution in [2.75, 3.05) is 16.8 Å². The van der Waals surface area contributed by atoms with Crippen molar-refractivity contribution >= 4 is 23.2 Å². The Morgan fingerprint density at radius 3 is 2.57 bits per heavy atom. The summed E-state index contributed by atoms with van der Waals surface area (Å²) in [5.74, 6) is 0.935. The van der Waals surface area contributed by atoms with Gasteiger partial charge in [0.25, 0.3) is 11.8 Å². The average Bonchev–Trinajstić information content (AvgIpc) is 3.28. The van der Waals surface area contributed by atoms with Crippen LogP contribution in [0.4, 0.5) is 11.4 Å². The summed E-state index contributed by atoms with van der Waals surface area (Å²) in [6.07, 6.45) is 6.43. The minimum absolute atomic E-state index is 0.225. The van der Waals surface area contributed by atoms with Crippen LogP contribution < -0.4 is 10.2 Å². The SMILES string of the molecule is CC(C)(C)CC1CC(Cc2ccc(N3CCn4ncc(C(=O)Nc5cccc(C#N)c5)c4C3=O)cc2)C1. The van der Waals surface area contributed by atoms with E-state index in [1.165, 1.54) is 31.0 Å². The van der Waals surface area contributed by atoms with Crippen LogP contribution in [0.1, 0.15) is 72.0 Å². The fraction of sp³-hybridized carbons (Fsp3) is 0.400. The summed E-state index contributed by atoms with van der Waals surface area (Å²) in [6, 6.07) is 17.0. The number of aromatic nitrogens is 2. The van der Waals surface area contributed by atoms with Gasteiger partial charge in [-0.05, 0) is 78.8 Å². The van der Waals surface area contributed by atoms with E-state index in [-0.39, 0.29) is 17.2 Å². The summed E-state index contributed by atoms with van der Waals surface area (Å²) < 4.78 is 1.60. The second-order valence-corrected chi connectivity index (χ2v) is 11.6. The van der Waals surface area contributed by atoms with Crippen LogP contribution in [-0.2, 0) is 13.0 Å². The van der Waals surface area contributed by atoms with Gasteiger partial charge >= 0.3 is 0 Å². The molecule has 7 heteroatoms. The summed E-state index contributed by atoms with van der Waals surface area (Å²) in [6.45, 7) is 7.96. The molecule has 190 valence electrons. The molecule has 0 radical (unpaired) electrons. The Bertz CT molecular complexity index is 1350. The van der Waals surface area contributed by atoms with Gasteiger partial charge in [-0.15, -0.1) is 0 Å². The Morgan fingerprint density at radius 2 is 1.86 bits per heavy atom. The minimum Gasteiger partial charge on any atom is -0.322 e.